The zero-order chi connectivity index (χ0) is 33.7. The van der Waals surface area contributed by atoms with Gasteiger partial charge in [0.2, 0.25) is 5.91 Å². The topological polar surface area (TPSA) is 112 Å². The third-order valence-corrected chi connectivity index (χ3v) is 8.42. The summed E-state index contributed by atoms with van der Waals surface area (Å²) in [5.74, 6) is -0.0356. The fraction of sp³-hybridized carbons (Fsp3) is 0.378. The minimum Gasteiger partial charge on any atom is -0.493 e. The van der Waals surface area contributed by atoms with Crippen LogP contribution in [-0.2, 0) is 29.2 Å². The Bertz CT molecular complexity index is 1670. The molecule has 246 valence electrons. The Morgan fingerprint density at radius 1 is 1.06 bits per heavy atom. The van der Waals surface area contributed by atoms with Crippen LogP contribution in [0, 0.1) is 17.1 Å². The number of amides is 2. The van der Waals surface area contributed by atoms with E-state index in [-0.39, 0.29) is 18.3 Å². The number of hydrogen-bond acceptors (Lipinski definition) is 7. The molecule has 9 nitrogen and oxygen atoms in total. The van der Waals surface area contributed by atoms with Gasteiger partial charge in [0.1, 0.15) is 29.8 Å². The predicted octanol–water partition coefficient (Wildman–Crippen LogP) is 5.52. The van der Waals surface area contributed by atoms with Crippen molar-refractivity contribution in [2.24, 2.45) is 5.73 Å². The Morgan fingerprint density at radius 2 is 1.77 bits per heavy atom. The first-order valence-electron chi connectivity index (χ1n) is 15.9. The second kappa shape index (κ2) is 14.3. The molecule has 1 atom stereocenters. The van der Waals surface area contributed by atoms with Crippen LogP contribution in [0.3, 0.4) is 0 Å². The van der Waals surface area contributed by atoms with Crippen LogP contribution in [0.1, 0.15) is 66.2 Å². The number of allylic oxidation sites excluding steroid dienone is 1. The van der Waals surface area contributed by atoms with Crippen molar-refractivity contribution in [3.63, 3.8) is 0 Å². The summed E-state index contributed by atoms with van der Waals surface area (Å²) >= 11 is 0. The summed E-state index contributed by atoms with van der Waals surface area (Å²) in [5.41, 5.74) is 9.61. The van der Waals surface area contributed by atoms with E-state index in [1.807, 2.05) is 49.9 Å². The molecule has 0 unspecified atom stereocenters. The van der Waals surface area contributed by atoms with Crippen molar-refractivity contribution in [1.82, 2.24) is 9.80 Å². The molecule has 0 aliphatic carbocycles. The first-order valence-corrected chi connectivity index (χ1v) is 15.9. The van der Waals surface area contributed by atoms with E-state index >= 15 is 0 Å². The van der Waals surface area contributed by atoms with Crippen LogP contribution in [0.15, 0.2) is 73.0 Å². The molecule has 2 N–H and O–H groups in total. The zero-order valence-electron chi connectivity index (χ0n) is 27.3. The summed E-state index contributed by atoms with van der Waals surface area (Å²) in [4.78, 5) is 31.7. The van der Waals surface area contributed by atoms with E-state index in [9.17, 15) is 14.0 Å². The number of hydrogen-bond donors (Lipinski definition) is 1. The summed E-state index contributed by atoms with van der Waals surface area (Å²) in [5, 5.41) is 9.00. The van der Waals surface area contributed by atoms with Crippen LogP contribution in [0.4, 0.5) is 10.1 Å². The number of primary amides is 1. The van der Waals surface area contributed by atoms with E-state index in [4.69, 9.17) is 20.5 Å². The highest BCUT2D eigenvalue weighted by Crippen LogP contribution is 2.34. The van der Waals surface area contributed by atoms with Gasteiger partial charge in [-0.2, -0.15) is 5.26 Å². The lowest BCUT2D eigenvalue weighted by Gasteiger charge is -2.36. The maximum atomic E-state index is 14.5. The van der Waals surface area contributed by atoms with Gasteiger partial charge in [0.05, 0.1) is 29.6 Å². The molecule has 2 amide bonds. The molecule has 1 saturated heterocycles. The molecule has 0 saturated carbocycles. The minimum atomic E-state index is -0.796. The van der Waals surface area contributed by atoms with E-state index in [0.29, 0.717) is 60.9 Å². The molecule has 1 fully saturated rings. The van der Waals surface area contributed by atoms with E-state index in [1.54, 1.807) is 24.3 Å². The summed E-state index contributed by atoms with van der Waals surface area (Å²) in [7, 11) is 0. The number of piperazine rings is 1. The Morgan fingerprint density at radius 3 is 2.40 bits per heavy atom. The molecule has 3 aromatic carbocycles. The number of nitriles is 1. The fourth-order valence-electron chi connectivity index (χ4n) is 6.09. The van der Waals surface area contributed by atoms with Gasteiger partial charge in [0.25, 0.3) is 5.91 Å². The normalized spacial score (nSPS) is 15.6. The number of ether oxygens (including phenoxy) is 2. The summed E-state index contributed by atoms with van der Waals surface area (Å²) in [6.45, 7) is 14.1. The average molecular weight is 640 g/mol. The van der Waals surface area contributed by atoms with Gasteiger partial charge >= 0.3 is 0 Å². The fourth-order valence-corrected chi connectivity index (χ4v) is 6.09. The summed E-state index contributed by atoms with van der Waals surface area (Å²) < 4.78 is 26.5. The van der Waals surface area contributed by atoms with Crippen molar-refractivity contribution in [2.75, 3.05) is 31.1 Å². The summed E-state index contributed by atoms with van der Waals surface area (Å²) in [6.07, 6.45) is 0.719. The Balaban J connectivity index is 1.14. The van der Waals surface area contributed by atoms with Crippen LogP contribution in [-0.4, -0.2) is 59.4 Å². The Labute approximate surface area is 276 Å². The third-order valence-electron chi connectivity index (χ3n) is 8.42. The van der Waals surface area contributed by atoms with Gasteiger partial charge in [0, 0.05) is 50.3 Å². The summed E-state index contributed by atoms with van der Waals surface area (Å²) in [6, 6.07) is 19.4. The molecule has 10 heteroatoms. The smallest absolute Gasteiger partial charge is 0.255 e. The second-order valence-electron chi connectivity index (χ2n) is 13.1. The quantitative estimate of drug-likeness (QED) is 0.260. The van der Waals surface area contributed by atoms with Gasteiger partial charge in [-0.05, 0) is 68.7 Å². The van der Waals surface area contributed by atoms with Crippen molar-refractivity contribution in [3.8, 4) is 11.8 Å². The monoisotopic (exact) mass is 639 g/mol. The van der Waals surface area contributed by atoms with Gasteiger partial charge in [-0.1, -0.05) is 36.9 Å². The highest BCUT2D eigenvalue weighted by atomic mass is 19.1. The first-order chi connectivity index (χ1) is 22.4. The number of anilines is 1. The maximum absolute atomic E-state index is 14.5. The van der Waals surface area contributed by atoms with Gasteiger partial charge in [-0.25, -0.2) is 4.39 Å². The van der Waals surface area contributed by atoms with Crippen molar-refractivity contribution in [1.29, 1.82) is 5.26 Å². The molecule has 47 heavy (non-hydrogen) atoms. The van der Waals surface area contributed by atoms with Gasteiger partial charge in [0.15, 0.2) is 0 Å². The molecule has 5 rings (SSSR count). The number of carbonyl (C=O) groups excluding carboxylic acids is 2. The zero-order valence-corrected chi connectivity index (χ0v) is 27.3. The highest BCUT2D eigenvalue weighted by molar-refractivity contribution is 6.01. The van der Waals surface area contributed by atoms with Crippen LogP contribution < -0.4 is 15.4 Å². The number of carbonyl (C=O) groups is 2. The number of rotatable bonds is 12. The van der Waals surface area contributed by atoms with Crippen LogP contribution >= 0.6 is 0 Å². The van der Waals surface area contributed by atoms with Gasteiger partial charge in [-0.3, -0.25) is 14.5 Å². The van der Waals surface area contributed by atoms with Crippen LogP contribution in [0.5, 0.6) is 5.75 Å². The van der Waals surface area contributed by atoms with Crippen molar-refractivity contribution in [3.05, 3.63) is 107 Å². The average Bonchev–Trinajstić information content (AvgIpc) is 3.36. The van der Waals surface area contributed by atoms with Crippen molar-refractivity contribution >= 4 is 17.5 Å². The number of nitrogens with two attached hydrogens (primary N) is 1. The van der Waals surface area contributed by atoms with E-state index in [0.717, 1.165) is 30.8 Å². The highest BCUT2D eigenvalue weighted by Gasteiger charge is 2.37. The third kappa shape index (κ3) is 8.29. The number of benzene rings is 3. The van der Waals surface area contributed by atoms with E-state index in [1.165, 1.54) is 16.5 Å². The lowest BCUT2D eigenvalue weighted by atomic mass is 10.1. The van der Waals surface area contributed by atoms with Gasteiger partial charge in [-0.15, -0.1) is 0 Å². The molecule has 3 aromatic rings. The molecular weight excluding hydrogens is 597 g/mol. The molecule has 2 aliphatic heterocycles. The molecule has 0 aromatic heterocycles. The maximum Gasteiger partial charge on any atom is 0.255 e. The predicted molar refractivity (Wildman–Crippen MR) is 178 cm³/mol. The first kappa shape index (κ1) is 33.5. The number of fused-ring (bicyclic) bond motifs is 1. The van der Waals surface area contributed by atoms with E-state index in [2.05, 4.69) is 23.6 Å². The second-order valence-corrected chi connectivity index (χ2v) is 13.1. The largest absolute Gasteiger partial charge is 0.493 e. The lowest BCUT2D eigenvalue weighted by molar-refractivity contribution is -0.122. The molecule has 0 radical (unpaired) electrons. The molecule has 2 aliphatic rings. The molecule has 2 heterocycles. The Hall–Kier alpha value is -4.88. The Kier molecular flexibility index (Phi) is 10.2. The SMILES string of the molecule is C=C(CC[C@@H](C(N)=O)N1Cc2c(OCc3ccc(CN4CCN(c5ccc(C#N)cc5F)CC4)cc3)cccc2C1=O)OC(C)(C)C. The number of nitrogens with zero attached hydrogens (tertiary/aromatic N) is 4. The van der Waals surface area contributed by atoms with Crippen LogP contribution in [0.2, 0.25) is 0 Å². The van der Waals surface area contributed by atoms with Crippen molar-refractivity contribution in [2.45, 2.75) is 65.0 Å². The minimum absolute atomic E-state index is 0.231. The van der Waals surface area contributed by atoms with E-state index < -0.39 is 17.6 Å². The molecule has 0 spiro atoms. The standard InChI is InChI=1S/C37H42FN5O4/c1-25(47-37(2,3)4)8-14-33(35(40)44)43-23-30-29(36(43)45)6-5-7-34(30)46-24-27-11-9-26(10-12-27)22-41-16-18-42(19-17-41)32-15-13-28(21-39)20-31(32)38/h5-7,9-13,15,20,33H,1,8,14,16-19,22-24H2,2-4H3,(H2,40,44)/t33-/m0/s1. The number of halogens is 1. The van der Waals surface area contributed by atoms with Crippen LogP contribution in [0.25, 0.3) is 0 Å². The lowest BCUT2D eigenvalue weighted by Crippen LogP contribution is -2.46. The van der Waals surface area contributed by atoms with Gasteiger partial charge < -0.3 is 25.0 Å². The van der Waals surface area contributed by atoms with Crippen molar-refractivity contribution < 1.29 is 23.5 Å². The molecule has 0 bridgehead atoms. The molecular formula is C37H42FN5O4.